The number of hydrogen-bond donors (Lipinski definition) is 8. The summed E-state index contributed by atoms with van der Waals surface area (Å²) in [7, 11) is 0. The Morgan fingerprint density at radius 1 is 0.561 bits per heavy atom. The molecule has 0 unspecified atom stereocenters. The number of fused-ring (bicyclic) bond motifs is 1. The highest BCUT2D eigenvalue weighted by Crippen LogP contribution is 2.33. The zero-order chi connectivity index (χ0) is 41.8. The Kier molecular flexibility index (Phi) is 15.1. The molecular weight excluding hydrogens is 729 g/mol. The summed E-state index contributed by atoms with van der Waals surface area (Å²) in [6.45, 7) is 8.60. The molecule has 0 aromatic heterocycles. The normalized spacial score (nSPS) is 13.8. The molecule has 14 heteroatoms. The number of aromatic hydroxyl groups is 2. The van der Waals surface area contributed by atoms with Crippen LogP contribution in [0.2, 0.25) is 0 Å². The number of phenols is 2. The Hall–Kier alpha value is -6.44. The molecule has 4 aromatic carbocycles. The topological polar surface area (TPSA) is 229 Å². The second-order valence-electron chi connectivity index (χ2n) is 14.9. The molecule has 0 heterocycles. The van der Waals surface area contributed by atoms with E-state index in [0.29, 0.717) is 17.4 Å². The van der Waals surface area contributed by atoms with Gasteiger partial charge in [-0.05, 0) is 54.5 Å². The number of rotatable bonds is 18. The van der Waals surface area contributed by atoms with Crippen molar-refractivity contribution in [2.75, 3.05) is 0 Å². The number of hydrogen-bond acceptors (Lipinski definition) is 8. The van der Waals surface area contributed by atoms with Gasteiger partial charge in [0.05, 0.1) is 5.56 Å². The largest absolute Gasteiger partial charge is 0.507 e. The van der Waals surface area contributed by atoms with Gasteiger partial charge in [-0.3, -0.25) is 28.8 Å². The number of carbonyl (C=O) groups excluding carboxylic acids is 6. The molecule has 0 radical (unpaired) electrons. The summed E-state index contributed by atoms with van der Waals surface area (Å²) < 4.78 is 0. The molecule has 57 heavy (non-hydrogen) atoms. The molecular formula is C43H52N6O8. The number of carbonyl (C=O) groups is 6. The summed E-state index contributed by atoms with van der Waals surface area (Å²) in [6, 6.07) is 19.6. The Bertz CT molecular complexity index is 2060. The molecule has 302 valence electrons. The van der Waals surface area contributed by atoms with Crippen LogP contribution in [0.4, 0.5) is 0 Å². The van der Waals surface area contributed by atoms with E-state index in [1.165, 1.54) is 31.2 Å². The summed E-state index contributed by atoms with van der Waals surface area (Å²) in [5.41, 5.74) is 6.93. The zero-order valence-corrected chi connectivity index (χ0v) is 32.7. The van der Waals surface area contributed by atoms with Crippen LogP contribution in [-0.2, 0) is 36.8 Å². The molecule has 0 spiro atoms. The first-order chi connectivity index (χ1) is 27.0. The van der Waals surface area contributed by atoms with Crippen LogP contribution >= 0.6 is 0 Å². The lowest BCUT2D eigenvalue weighted by atomic mass is 9.99. The highest BCUT2D eigenvalue weighted by atomic mass is 16.3. The van der Waals surface area contributed by atoms with Crippen molar-refractivity contribution in [2.45, 2.75) is 84.1 Å². The van der Waals surface area contributed by atoms with Gasteiger partial charge in [0.2, 0.25) is 29.5 Å². The van der Waals surface area contributed by atoms with Crippen molar-refractivity contribution in [3.63, 3.8) is 0 Å². The van der Waals surface area contributed by atoms with Crippen LogP contribution in [0.25, 0.3) is 10.8 Å². The van der Waals surface area contributed by atoms with E-state index in [-0.39, 0.29) is 41.2 Å². The van der Waals surface area contributed by atoms with Crippen molar-refractivity contribution in [1.82, 2.24) is 26.6 Å². The summed E-state index contributed by atoms with van der Waals surface area (Å²) in [4.78, 5) is 80.6. The fraction of sp³-hybridized carbons (Fsp3) is 0.349. The Labute approximate surface area is 332 Å². The number of nitrogens with two attached hydrogens (primary N) is 1. The molecule has 0 saturated carbocycles. The van der Waals surface area contributed by atoms with Gasteiger partial charge in [-0.2, -0.15) is 0 Å². The molecule has 0 aliphatic rings. The van der Waals surface area contributed by atoms with E-state index < -0.39 is 71.6 Å². The van der Waals surface area contributed by atoms with Gasteiger partial charge in [-0.15, -0.1) is 0 Å². The SMILES string of the molecule is CC(C)C[C@@H](NC(=O)[C@@H](Cc1ccccc1)NC(=O)[C@@H](Cc1ccccc1)NC(=O)[C@H](NC(=O)[C@@H](C)NC(=O)c1ccc2c(O)cccc2c1O)C(C)C)C(N)=O. The number of primary amides is 1. The molecule has 0 aliphatic heterocycles. The van der Waals surface area contributed by atoms with Crippen molar-refractivity contribution in [2.24, 2.45) is 17.6 Å². The van der Waals surface area contributed by atoms with E-state index in [2.05, 4.69) is 26.6 Å². The second kappa shape index (κ2) is 19.9. The van der Waals surface area contributed by atoms with Gasteiger partial charge in [-0.25, -0.2) is 0 Å². The quantitative estimate of drug-likeness (QED) is 0.0747. The highest BCUT2D eigenvalue weighted by Gasteiger charge is 2.33. The van der Waals surface area contributed by atoms with Crippen LogP contribution in [-0.4, -0.2) is 75.9 Å². The van der Waals surface area contributed by atoms with E-state index in [9.17, 15) is 39.0 Å². The smallest absolute Gasteiger partial charge is 0.255 e. The van der Waals surface area contributed by atoms with Crippen LogP contribution in [0.15, 0.2) is 91.0 Å². The Morgan fingerprint density at radius 3 is 1.60 bits per heavy atom. The van der Waals surface area contributed by atoms with E-state index >= 15 is 0 Å². The van der Waals surface area contributed by atoms with Gasteiger partial charge >= 0.3 is 0 Å². The Balaban J connectivity index is 1.52. The van der Waals surface area contributed by atoms with E-state index in [4.69, 9.17) is 5.73 Å². The average Bonchev–Trinajstić information content (AvgIpc) is 3.16. The molecule has 0 fully saturated rings. The second-order valence-corrected chi connectivity index (χ2v) is 14.9. The van der Waals surface area contributed by atoms with E-state index in [1.54, 1.807) is 74.5 Å². The molecule has 0 aliphatic carbocycles. The van der Waals surface area contributed by atoms with Gasteiger partial charge in [0.15, 0.2) is 0 Å². The van der Waals surface area contributed by atoms with Crippen molar-refractivity contribution in [1.29, 1.82) is 0 Å². The van der Waals surface area contributed by atoms with Gasteiger partial charge in [0, 0.05) is 23.6 Å². The van der Waals surface area contributed by atoms with Crippen molar-refractivity contribution < 1.29 is 39.0 Å². The lowest BCUT2D eigenvalue weighted by Gasteiger charge is -2.28. The third-order valence-corrected chi connectivity index (χ3v) is 9.44. The highest BCUT2D eigenvalue weighted by molar-refractivity contribution is 6.06. The first-order valence-corrected chi connectivity index (χ1v) is 18.9. The maximum Gasteiger partial charge on any atom is 0.255 e. The van der Waals surface area contributed by atoms with Gasteiger partial charge in [0.25, 0.3) is 5.91 Å². The maximum absolute atomic E-state index is 14.1. The molecule has 4 rings (SSSR count). The molecule has 0 saturated heterocycles. The van der Waals surface area contributed by atoms with Gasteiger partial charge in [-0.1, -0.05) is 100 Å². The maximum atomic E-state index is 14.1. The predicted molar refractivity (Wildman–Crippen MR) is 216 cm³/mol. The first-order valence-electron chi connectivity index (χ1n) is 18.9. The van der Waals surface area contributed by atoms with Crippen LogP contribution in [0.1, 0.15) is 62.5 Å². The summed E-state index contributed by atoms with van der Waals surface area (Å²) in [5, 5.41) is 34.9. The van der Waals surface area contributed by atoms with Crippen molar-refractivity contribution in [3.05, 3.63) is 108 Å². The molecule has 0 bridgehead atoms. The van der Waals surface area contributed by atoms with Crippen molar-refractivity contribution in [3.8, 4) is 11.5 Å². The lowest BCUT2D eigenvalue weighted by molar-refractivity contribution is -0.135. The number of benzene rings is 4. The monoisotopic (exact) mass is 780 g/mol. The van der Waals surface area contributed by atoms with Crippen molar-refractivity contribution >= 4 is 46.2 Å². The molecule has 5 atom stereocenters. The molecule has 14 nitrogen and oxygen atoms in total. The van der Waals surface area contributed by atoms with Crippen LogP contribution in [0, 0.1) is 11.8 Å². The van der Waals surface area contributed by atoms with Crippen LogP contribution in [0.5, 0.6) is 11.5 Å². The van der Waals surface area contributed by atoms with Crippen LogP contribution < -0.4 is 32.3 Å². The minimum absolute atomic E-state index is 0.0353. The molecule has 6 amide bonds. The Morgan fingerprint density at radius 2 is 1.09 bits per heavy atom. The third kappa shape index (κ3) is 12.0. The first kappa shape index (κ1) is 43.3. The zero-order valence-electron chi connectivity index (χ0n) is 32.7. The number of amides is 6. The van der Waals surface area contributed by atoms with E-state index in [1.807, 2.05) is 19.9 Å². The molecule has 9 N–H and O–H groups in total. The summed E-state index contributed by atoms with van der Waals surface area (Å²) >= 11 is 0. The fourth-order valence-electron chi connectivity index (χ4n) is 6.30. The van der Waals surface area contributed by atoms with Gasteiger partial charge < -0.3 is 42.5 Å². The third-order valence-electron chi connectivity index (χ3n) is 9.44. The number of nitrogens with one attached hydrogen (secondary N) is 5. The average molecular weight is 781 g/mol. The minimum Gasteiger partial charge on any atom is -0.507 e. The fourth-order valence-corrected chi connectivity index (χ4v) is 6.30. The standard InChI is InChI=1S/C43H52N6O8/c1-24(2)21-32(38(44)52)46-41(55)33(22-27-13-8-6-9-14-27)47-42(56)34(23-28-15-10-7-11-16-28)48-43(57)36(25(3)4)49-39(53)26(5)45-40(54)31-20-19-29-30(37(31)51)17-12-18-35(29)50/h6-20,24-26,32-34,36,50-51H,21-23H2,1-5H3,(H2,44,52)(H,45,54)(H,46,55)(H,47,56)(H,48,57)(H,49,53)/t26-,32-,33-,34-,36-/m1/s1. The van der Waals surface area contributed by atoms with E-state index in [0.717, 1.165) is 5.56 Å². The van der Waals surface area contributed by atoms with Gasteiger partial charge in [0.1, 0.15) is 41.7 Å². The summed E-state index contributed by atoms with van der Waals surface area (Å²) in [5.74, 6) is -5.04. The van der Waals surface area contributed by atoms with Crippen LogP contribution in [0.3, 0.4) is 0 Å². The number of phenolic OH excluding ortho intramolecular Hbond substituents is 2. The summed E-state index contributed by atoms with van der Waals surface area (Å²) in [6.07, 6.45) is 0.403. The lowest BCUT2D eigenvalue weighted by Crippen LogP contribution is -2.60. The predicted octanol–water partition coefficient (Wildman–Crippen LogP) is 2.98. The molecule has 4 aromatic rings. The minimum atomic E-state index is -1.21.